The van der Waals surface area contributed by atoms with Crippen molar-refractivity contribution in [2.75, 3.05) is 0 Å². The molecule has 36 heavy (non-hydrogen) atoms. The maximum atomic E-state index is 13.0. The second-order valence-corrected chi connectivity index (χ2v) is 13.0. The molecule has 8 heteroatoms. The lowest BCUT2D eigenvalue weighted by atomic mass is 9.39. The second kappa shape index (κ2) is 8.60. The Morgan fingerprint density at radius 1 is 0.972 bits per heavy atom. The summed E-state index contributed by atoms with van der Waals surface area (Å²) in [6.07, 6.45) is -0.685. The molecule has 0 aromatic carbocycles. The number of ether oxygens (including phenoxy) is 1. The highest BCUT2D eigenvalue weighted by Gasteiger charge is 2.80. The molecule has 4 fully saturated rings. The van der Waals surface area contributed by atoms with Crippen LogP contribution in [0, 0.1) is 28.6 Å². The van der Waals surface area contributed by atoms with Gasteiger partial charge in [0.2, 0.25) is 0 Å². The smallest absolute Gasteiger partial charge is 0.330 e. The number of hydrogen-bond donors (Lipinski definition) is 5. The maximum absolute atomic E-state index is 13.0. The van der Waals surface area contributed by atoms with E-state index in [2.05, 4.69) is 0 Å². The molecule has 4 aliphatic carbocycles. The van der Waals surface area contributed by atoms with Crippen LogP contribution in [0.4, 0.5) is 0 Å². The monoisotopic (exact) mass is 508 g/mol. The Hall–Kier alpha value is -1.32. The molecule has 0 aromatic rings. The minimum absolute atomic E-state index is 0.0379. The van der Waals surface area contributed by atoms with E-state index in [0.29, 0.717) is 19.3 Å². The highest BCUT2D eigenvalue weighted by Crippen LogP contribution is 2.71. The number of aliphatic hydroxyl groups excluding tert-OH is 2. The molecular formula is C28H44O8. The largest absolute Gasteiger partial charge is 0.458 e. The van der Waals surface area contributed by atoms with Crippen LogP contribution in [-0.2, 0) is 14.3 Å². The number of hydrogen-bond acceptors (Lipinski definition) is 8. The summed E-state index contributed by atoms with van der Waals surface area (Å²) in [5, 5.41) is 58.1. The Morgan fingerprint density at radius 2 is 1.61 bits per heavy atom. The third kappa shape index (κ3) is 3.44. The van der Waals surface area contributed by atoms with E-state index in [1.165, 1.54) is 13.0 Å². The SMILES string of the molecule is CC(=O)[C@@H]1CC[C@@]2(O)[C@]1(C)[C@H](OC(=O)/C=C(\C)C(C)C)C[C@@H]1[C@@]3(C)CC[C@H](O)C[C@]3(O)[C@H](O)C[C@]12O. The van der Waals surface area contributed by atoms with Gasteiger partial charge in [0, 0.05) is 41.6 Å². The maximum Gasteiger partial charge on any atom is 0.330 e. The zero-order valence-electron chi connectivity index (χ0n) is 22.5. The summed E-state index contributed by atoms with van der Waals surface area (Å²) in [4.78, 5) is 25.8. The first-order valence-corrected chi connectivity index (χ1v) is 13.4. The fourth-order valence-electron chi connectivity index (χ4n) is 8.58. The fourth-order valence-corrected chi connectivity index (χ4v) is 8.58. The molecule has 10 atom stereocenters. The van der Waals surface area contributed by atoms with Crippen LogP contribution in [0.1, 0.15) is 86.5 Å². The normalized spacial score (nSPS) is 50.8. The zero-order valence-corrected chi connectivity index (χ0v) is 22.5. The van der Waals surface area contributed by atoms with Crippen LogP contribution in [0.3, 0.4) is 0 Å². The predicted octanol–water partition coefficient (Wildman–Crippen LogP) is 2.03. The number of allylic oxidation sites excluding steroid dienone is 1. The van der Waals surface area contributed by atoms with Gasteiger partial charge in [0.25, 0.3) is 0 Å². The third-order valence-corrected chi connectivity index (χ3v) is 11.2. The van der Waals surface area contributed by atoms with Gasteiger partial charge in [0.05, 0.1) is 17.8 Å². The molecule has 0 unspecified atom stereocenters. The Morgan fingerprint density at radius 3 is 2.19 bits per heavy atom. The van der Waals surface area contributed by atoms with Gasteiger partial charge >= 0.3 is 5.97 Å². The van der Waals surface area contributed by atoms with Crippen LogP contribution in [-0.4, -0.2) is 72.4 Å². The summed E-state index contributed by atoms with van der Waals surface area (Å²) in [6, 6.07) is 0. The Bertz CT molecular complexity index is 961. The number of carbonyl (C=O) groups excluding carboxylic acids is 2. The van der Waals surface area contributed by atoms with Crippen molar-refractivity contribution in [2.45, 2.75) is 122 Å². The summed E-state index contributed by atoms with van der Waals surface area (Å²) in [6.45, 7) is 10.7. The lowest BCUT2D eigenvalue weighted by molar-refractivity contribution is -0.359. The average molecular weight is 509 g/mol. The topological polar surface area (TPSA) is 145 Å². The van der Waals surface area contributed by atoms with Crippen LogP contribution in [0.5, 0.6) is 0 Å². The minimum Gasteiger partial charge on any atom is -0.458 e. The fraction of sp³-hybridized carbons (Fsp3) is 0.857. The number of Topliss-reactive ketones (excluding diaryl/α,β-unsaturated/α-hetero) is 1. The molecule has 0 saturated heterocycles. The standard InChI is InChI=1S/C28H44O8/c1-15(2)16(3)11-23(32)36-22-12-20-24(5)9-7-18(30)13-27(24,34)21(31)14-26(20,33)28(35)10-8-19(17(4)29)25(22,28)6/h11,15,18-22,30-31,33-35H,7-10,12-14H2,1-6H3/b16-11+/t18-,19-,20+,21+,22+,24+,25-,26-,27-,28+/m0/s1. The quantitative estimate of drug-likeness (QED) is 0.287. The Kier molecular flexibility index (Phi) is 6.62. The first-order valence-electron chi connectivity index (χ1n) is 13.4. The van der Waals surface area contributed by atoms with Crippen molar-refractivity contribution in [2.24, 2.45) is 28.6 Å². The van der Waals surface area contributed by atoms with E-state index in [0.717, 1.165) is 5.57 Å². The summed E-state index contributed by atoms with van der Waals surface area (Å²) in [5.74, 6) is -1.95. The third-order valence-electron chi connectivity index (χ3n) is 11.2. The van der Waals surface area contributed by atoms with Gasteiger partial charge < -0.3 is 30.3 Å². The van der Waals surface area contributed by atoms with Crippen molar-refractivity contribution in [1.82, 2.24) is 0 Å². The molecule has 0 radical (unpaired) electrons. The summed E-state index contributed by atoms with van der Waals surface area (Å²) < 4.78 is 6.04. The van der Waals surface area contributed by atoms with Gasteiger partial charge in [-0.2, -0.15) is 0 Å². The van der Waals surface area contributed by atoms with Crippen molar-refractivity contribution in [3.63, 3.8) is 0 Å². The van der Waals surface area contributed by atoms with Crippen molar-refractivity contribution in [1.29, 1.82) is 0 Å². The number of ketones is 1. The zero-order chi connectivity index (χ0) is 27.1. The molecule has 0 heterocycles. The van der Waals surface area contributed by atoms with Crippen LogP contribution >= 0.6 is 0 Å². The summed E-state index contributed by atoms with van der Waals surface area (Å²) in [7, 11) is 0. The van der Waals surface area contributed by atoms with Crippen LogP contribution < -0.4 is 0 Å². The van der Waals surface area contributed by atoms with E-state index < -0.39 is 63.8 Å². The van der Waals surface area contributed by atoms with E-state index in [1.54, 1.807) is 13.8 Å². The van der Waals surface area contributed by atoms with Gasteiger partial charge in [0.1, 0.15) is 23.1 Å². The van der Waals surface area contributed by atoms with E-state index >= 15 is 0 Å². The molecular weight excluding hydrogens is 464 g/mol. The Labute approximate surface area is 213 Å². The predicted molar refractivity (Wildman–Crippen MR) is 132 cm³/mol. The highest BCUT2D eigenvalue weighted by molar-refractivity contribution is 5.83. The van der Waals surface area contributed by atoms with Gasteiger partial charge in [-0.3, -0.25) is 4.79 Å². The first-order chi connectivity index (χ1) is 16.5. The summed E-state index contributed by atoms with van der Waals surface area (Å²) >= 11 is 0. The molecule has 4 rings (SSSR count). The molecule has 0 aromatic heterocycles. The molecule has 5 N–H and O–H groups in total. The molecule has 0 aliphatic heterocycles. The molecule has 8 nitrogen and oxygen atoms in total. The van der Waals surface area contributed by atoms with Gasteiger partial charge in [-0.05, 0) is 51.9 Å². The van der Waals surface area contributed by atoms with Gasteiger partial charge in [-0.25, -0.2) is 4.79 Å². The molecule has 4 aliphatic rings. The van der Waals surface area contributed by atoms with Crippen molar-refractivity contribution in [3.05, 3.63) is 11.6 Å². The molecule has 204 valence electrons. The first kappa shape index (κ1) is 27.7. The number of esters is 1. The highest BCUT2D eigenvalue weighted by atomic mass is 16.5. The molecule has 0 bridgehead atoms. The number of fused-ring (bicyclic) bond motifs is 5. The van der Waals surface area contributed by atoms with Crippen molar-refractivity contribution < 1.29 is 39.9 Å². The Balaban J connectivity index is 1.85. The van der Waals surface area contributed by atoms with Crippen molar-refractivity contribution >= 4 is 11.8 Å². The van der Waals surface area contributed by atoms with Gasteiger partial charge in [-0.1, -0.05) is 33.3 Å². The van der Waals surface area contributed by atoms with E-state index in [4.69, 9.17) is 4.74 Å². The number of carbonyl (C=O) groups is 2. The molecule has 0 spiro atoms. The van der Waals surface area contributed by atoms with Gasteiger partial charge in [0.15, 0.2) is 0 Å². The van der Waals surface area contributed by atoms with Crippen LogP contribution in [0.25, 0.3) is 0 Å². The minimum atomic E-state index is -1.83. The number of rotatable bonds is 4. The van der Waals surface area contributed by atoms with Crippen molar-refractivity contribution in [3.8, 4) is 0 Å². The summed E-state index contributed by atoms with van der Waals surface area (Å²) in [5.41, 5.74) is -6.82. The lowest BCUT2D eigenvalue weighted by Crippen LogP contribution is -2.81. The van der Waals surface area contributed by atoms with Crippen LogP contribution in [0.15, 0.2) is 11.6 Å². The van der Waals surface area contributed by atoms with E-state index in [1.807, 2.05) is 20.8 Å². The van der Waals surface area contributed by atoms with E-state index in [9.17, 15) is 35.1 Å². The molecule has 0 amide bonds. The second-order valence-electron chi connectivity index (χ2n) is 13.0. The molecule has 4 saturated carbocycles. The number of aliphatic hydroxyl groups is 5. The van der Waals surface area contributed by atoms with Crippen LogP contribution in [0.2, 0.25) is 0 Å². The lowest BCUT2D eigenvalue weighted by Gasteiger charge is -2.71. The van der Waals surface area contributed by atoms with Gasteiger partial charge in [-0.15, -0.1) is 0 Å². The van der Waals surface area contributed by atoms with E-state index in [-0.39, 0.29) is 37.4 Å². The average Bonchev–Trinajstić information content (AvgIpc) is 3.06.